The van der Waals surface area contributed by atoms with Crippen molar-refractivity contribution < 1.29 is 9.90 Å². The molecule has 27 heavy (non-hydrogen) atoms. The van der Waals surface area contributed by atoms with Gasteiger partial charge < -0.3 is 5.11 Å². The van der Waals surface area contributed by atoms with Crippen molar-refractivity contribution in [2.24, 2.45) is 0 Å². The van der Waals surface area contributed by atoms with Crippen LogP contribution in [0.3, 0.4) is 0 Å². The predicted octanol–water partition coefficient (Wildman–Crippen LogP) is 8.03. The molecule has 0 bridgehead atoms. The van der Waals surface area contributed by atoms with E-state index in [0.717, 1.165) is 0 Å². The molecule has 0 saturated carbocycles. The second-order valence-electron chi connectivity index (χ2n) is 5.43. The Bertz CT molecular complexity index is 1040. The molecule has 3 rings (SSSR count). The number of carboxylic acids is 1. The molecule has 138 valence electrons. The Morgan fingerprint density at radius 1 is 0.704 bits per heavy atom. The molecule has 0 fully saturated rings. The van der Waals surface area contributed by atoms with Gasteiger partial charge in [0.15, 0.2) is 5.69 Å². The molecule has 0 atom stereocenters. The average molecular weight is 482 g/mol. The van der Waals surface area contributed by atoms with Crippen LogP contribution in [0.15, 0.2) is 36.5 Å². The fourth-order valence-electron chi connectivity index (χ4n) is 2.45. The van der Waals surface area contributed by atoms with Crippen LogP contribution in [0.25, 0.3) is 22.3 Å². The zero-order valence-corrected chi connectivity index (χ0v) is 17.6. The van der Waals surface area contributed by atoms with E-state index in [-0.39, 0.29) is 35.8 Å². The van der Waals surface area contributed by atoms with Gasteiger partial charge in [-0.05, 0) is 41.5 Å². The third-order valence-corrected chi connectivity index (χ3v) is 6.10. The maximum atomic E-state index is 11.6. The van der Waals surface area contributed by atoms with Gasteiger partial charge in [-0.2, -0.15) is 0 Å². The number of carboxylic acid groups (broad SMARTS) is 1. The minimum atomic E-state index is -1.20. The summed E-state index contributed by atoms with van der Waals surface area (Å²) in [5, 5.41) is 10.8. The van der Waals surface area contributed by atoms with Gasteiger partial charge in [-0.15, -0.1) is 0 Å². The van der Waals surface area contributed by atoms with E-state index in [9.17, 15) is 9.90 Å². The van der Waals surface area contributed by atoms with Crippen molar-refractivity contribution in [3.05, 3.63) is 72.4 Å². The highest BCUT2D eigenvalue weighted by molar-refractivity contribution is 6.49. The number of aromatic carboxylic acids is 1. The summed E-state index contributed by atoms with van der Waals surface area (Å²) >= 11 is 36.3. The summed E-state index contributed by atoms with van der Waals surface area (Å²) < 4.78 is 0. The number of carbonyl (C=O) groups is 1. The van der Waals surface area contributed by atoms with E-state index < -0.39 is 5.97 Å². The minimum absolute atomic E-state index is 0.167. The van der Waals surface area contributed by atoms with Crippen molar-refractivity contribution in [3.63, 3.8) is 0 Å². The van der Waals surface area contributed by atoms with Crippen molar-refractivity contribution in [2.45, 2.75) is 0 Å². The summed E-state index contributed by atoms with van der Waals surface area (Å²) in [6.07, 6.45) is 1.40. The maximum absolute atomic E-state index is 11.6. The molecule has 3 nitrogen and oxygen atoms in total. The molecule has 0 spiro atoms. The zero-order chi connectivity index (χ0) is 19.9. The standard InChI is InChI=1S/C18H7Cl6NO2/c19-11-2-7(3-12(20)15(11)23)9-1-10(17(18(26)27)25-6-9)8-4-13(21)16(24)14(22)5-8/h1-6H,(H,26,27). The van der Waals surface area contributed by atoms with Gasteiger partial charge in [0, 0.05) is 17.3 Å². The SMILES string of the molecule is O=C(O)c1ncc(-c2cc(Cl)c(Cl)c(Cl)c2)cc1-c1cc(Cl)c(Cl)c(Cl)c1. The predicted molar refractivity (Wildman–Crippen MR) is 112 cm³/mol. The third-order valence-electron chi connectivity index (χ3n) is 3.70. The van der Waals surface area contributed by atoms with E-state index in [4.69, 9.17) is 69.6 Å². The van der Waals surface area contributed by atoms with Gasteiger partial charge >= 0.3 is 5.97 Å². The average Bonchev–Trinajstić information content (AvgIpc) is 2.62. The largest absolute Gasteiger partial charge is 0.476 e. The molecule has 1 N–H and O–H groups in total. The number of halogens is 6. The number of nitrogens with zero attached hydrogens (tertiary/aromatic N) is 1. The monoisotopic (exact) mass is 479 g/mol. The Morgan fingerprint density at radius 3 is 1.59 bits per heavy atom. The number of aromatic nitrogens is 1. The van der Waals surface area contributed by atoms with E-state index >= 15 is 0 Å². The van der Waals surface area contributed by atoms with Crippen LogP contribution in [-0.4, -0.2) is 16.1 Å². The van der Waals surface area contributed by atoms with E-state index in [1.54, 1.807) is 18.2 Å². The van der Waals surface area contributed by atoms with Gasteiger partial charge in [0.25, 0.3) is 0 Å². The van der Waals surface area contributed by atoms with Crippen molar-refractivity contribution in [3.8, 4) is 22.3 Å². The molecule has 9 heteroatoms. The molecule has 2 aromatic carbocycles. The lowest BCUT2D eigenvalue weighted by Gasteiger charge is -2.12. The summed E-state index contributed by atoms with van der Waals surface area (Å²) in [6.45, 7) is 0. The highest BCUT2D eigenvalue weighted by Gasteiger charge is 2.18. The van der Waals surface area contributed by atoms with Gasteiger partial charge in [-0.25, -0.2) is 9.78 Å². The highest BCUT2D eigenvalue weighted by atomic mass is 35.5. The molecule has 0 aliphatic rings. The van der Waals surface area contributed by atoms with Gasteiger partial charge in [-0.1, -0.05) is 69.6 Å². The molecule has 1 heterocycles. The lowest BCUT2D eigenvalue weighted by Crippen LogP contribution is -2.03. The highest BCUT2D eigenvalue weighted by Crippen LogP contribution is 2.39. The Morgan fingerprint density at radius 2 is 1.15 bits per heavy atom. The molecule has 3 aromatic rings. The first-order valence-corrected chi connectivity index (χ1v) is 9.49. The number of hydrogen-bond donors (Lipinski definition) is 1. The van der Waals surface area contributed by atoms with Gasteiger partial charge in [0.05, 0.1) is 30.1 Å². The van der Waals surface area contributed by atoms with Crippen LogP contribution in [0.2, 0.25) is 30.1 Å². The van der Waals surface area contributed by atoms with E-state index in [2.05, 4.69) is 4.98 Å². The first-order chi connectivity index (χ1) is 12.7. The van der Waals surface area contributed by atoms with Crippen LogP contribution < -0.4 is 0 Å². The molecular weight excluding hydrogens is 475 g/mol. The summed E-state index contributed by atoms with van der Waals surface area (Å²) in [4.78, 5) is 15.7. The van der Waals surface area contributed by atoms with Crippen molar-refractivity contribution in [2.75, 3.05) is 0 Å². The van der Waals surface area contributed by atoms with Crippen LogP contribution in [0.1, 0.15) is 10.5 Å². The molecule has 0 aliphatic carbocycles. The Labute approximate surface area is 184 Å². The fraction of sp³-hybridized carbons (Fsp3) is 0. The Kier molecular flexibility index (Phi) is 6.11. The van der Waals surface area contributed by atoms with E-state index in [1.165, 1.54) is 18.3 Å². The van der Waals surface area contributed by atoms with Crippen molar-refractivity contribution in [1.82, 2.24) is 4.98 Å². The molecule has 0 unspecified atom stereocenters. The van der Waals surface area contributed by atoms with E-state index in [1.807, 2.05) is 0 Å². The maximum Gasteiger partial charge on any atom is 0.355 e. The fourth-order valence-corrected chi connectivity index (χ4v) is 3.64. The molecule has 0 saturated heterocycles. The number of rotatable bonds is 3. The minimum Gasteiger partial charge on any atom is -0.476 e. The first-order valence-electron chi connectivity index (χ1n) is 7.22. The quantitative estimate of drug-likeness (QED) is 0.385. The van der Waals surface area contributed by atoms with Gasteiger partial charge in [0.2, 0.25) is 0 Å². The molecular formula is C18H7Cl6NO2. The van der Waals surface area contributed by atoms with Gasteiger partial charge in [0.1, 0.15) is 0 Å². The van der Waals surface area contributed by atoms with Crippen LogP contribution in [0.5, 0.6) is 0 Å². The number of hydrogen-bond acceptors (Lipinski definition) is 2. The third kappa shape index (κ3) is 4.14. The van der Waals surface area contributed by atoms with Crippen LogP contribution >= 0.6 is 69.6 Å². The zero-order valence-electron chi connectivity index (χ0n) is 13.0. The van der Waals surface area contributed by atoms with Crippen LogP contribution in [-0.2, 0) is 0 Å². The van der Waals surface area contributed by atoms with Crippen molar-refractivity contribution in [1.29, 1.82) is 0 Å². The van der Waals surface area contributed by atoms with Crippen LogP contribution in [0.4, 0.5) is 0 Å². The molecule has 0 aliphatic heterocycles. The second-order valence-corrected chi connectivity index (χ2v) is 7.82. The van der Waals surface area contributed by atoms with Gasteiger partial charge in [-0.3, -0.25) is 0 Å². The summed E-state index contributed by atoms with van der Waals surface area (Å²) in [6, 6.07) is 7.88. The molecule has 0 amide bonds. The lowest BCUT2D eigenvalue weighted by molar-refractivity contribution is 0.0691. The summed E-state index contributed by atoms with van der Waals surface area (Å²) in [7, 11) is 0. The Hall–Kier alpha value is -1.20. The van der Waals surface area contributed by atoms with Crippen molar-refractivity contribution >= 4 is 75.6 Å². The lowest BCUT2D eigenvalue weighted by atomic mass is 9.99. The summed E-state index contributed by atoms with van der Waals surface area (Å²) in [5.74, 6) is -1.20. The summed E-state index contributed by atoms with van der Waals surface area (Å²) in [5.41, 5.74) is 1.79. The van der Waals surface area contributed by atoms with Crippen LogP contribution in [0, 0.1) is 0 Å². The smallest absolute Gasteiger partial charge is 0.355 e. The normalized spacial score (nSPS) is 10.9. The molecule has 1 aromatic heterocycles. The second kappa shape index (κ2) is 8.04. The topological polar surface area (TPSA) is 50.2 Å². The molecule has 0 radical (unpaired) electrons. The first kappa shape index (κ1) is 20.5. The number of pyridine rings is 1. The Balaban J connectivity index is 2.25. The number of benzene rings is 2. The van der Waals surface area contributed by atoms with E-state index in [0.29, 0.717) is 22.3 Å².